The number of carbonyl (C=O) groups excluding carboxylic acids is 1. The van der Waals surface area contributed by atoms with Crippen molar-refractivity contribution in [2.75, 3.05) is 19.0 Å². The van der Waals surface area contributed by atoms with E-state index in [-0.39, 0.29) is 12.5 Å². The van der Waals surface area contributed by atoms with Crippen molar-refractivity contribution in [2.24, 2.45) is 5.10 Å². The molecule has 0 bridgehead atoms. The van der Waals surface area contributed by atoms with Crippen molar-refractivity contribution in [1.29, 1.82) is 0 Å². The van der Waals surface area contributed by atoms with Gasteiger partial charge in [0.2, 0.25) is 0 Å². The molecule has 5 nitrogen and oxygen atoms in total. The molecule has 132 valence electrons. The van der Waals surface area contributed by atoms with E-state index in [9.17, 15) is 4.79 Å². The van der Waals surface area contributed by atoms with Gasteiger partial charge in [-0.05, 0) is 74.7 Å². The summed E-state index contributed by atoms with van der Waals surface area (Å²) in [6.07, 6.45) is 0. The van der Waals surface area contributed by atoms with Crippen molar-refractivity contribution in [1.82, 2.24) is 5.43 Å². The first-order valence-electron chi connectivity index (χ1n) is 8.20. The maximum absolute atomic E-state index is 12.0. The molecule has 0 unspecified atom stereocenters. The molecule has 0 saturated carbocycles. The number of benzene rings is 2. The summed E-state index contributed by atoms with van der Waals surface area (Å²) in [5, 5.41) is 7.27. The molecule has 0 fully saturated rings. The van der Waals surface area contributed by atoms with Crippen molar-refractivity contribution in [2.45, 2.75) is 27.7 Å². The zero-order valence-corrected chi connectivity index (χ0v) is 15.4. The van der Waals surface area contributed by atoms with Crippen LogP contribution in [0, 0.1) is 20.8 Å². The van der Waals surface area contributed by atoms with Crippen LogP contribution in [0.15, 0.2) is 41.5 Å². The second-order valence-electron chi connectivity index (χ2n) is 6.07. The first-order valence-corrected chi connectivity index (χ1v) is 8.20. The number of nitrogens with one attached hydrogen (secondary N) is 2. The van der Waals surface area contributed by atoms with Gasteiger partial charge in [0, 0.05) is 11.3 Å². The third-order valence-electron chi connectivity index (χ3n) is 4.12. The van der Waals surface area contributed by atoms with Gasteiger partial charge >= 0.3 is 0 Å². The first kappa shape index (κ1) is 18.5. The van der Waals surface area contributed by atoms with Crippen LogP contribution >= 0.6 is 0 Å². The number of hydrazone groups is 1. The Morgan fingerprint density at radius 3 is 2.32 bits per heavy atom. The van der Waals surface area contributed by atoms with Crippen LogP contribution in [0.5, 0.6) is 5.75 Å². The molecule has 2 rings (SSSR count). The summed E-state index contributed by atoms with van der Waals surface area (Å²) in [6, 6.07) is 11.6. The number of nitrogens with zero attached hydrogens (tertiary/aromatic N) is 1. The van der Waals surface area contributed by atoms with Crippen LogP contribution in [0.3, 0.4) is 0 Å². The van der Waals surface area contributed by atoms with Gasteiger partial charge in [-0.25, -0.2) is 5.43 Å². The summed E-state index contributed by atoms with van der Waals surface area (Å²) in [7, 11) is 1.62. The summed E-state index contributed by atoms with van der Waals surface area (Å²) >= 11 is 0. The van der Waals surface area contributed by atoms with Gasteiger partial charge in [0.15, 0.2) is 0 Å². The molecule has 2 aromatic rings. The van der Waals surface area contributed by atoms with E-state index in [1.165, 1.54) is 11.1 Å². The Hall–Kier alpha value is -2.82. The number of anilines is 1. The lowest BCUT2D eigenvalue weighted by atomic mass is 9.98. The van der Waals surface area contributed by atoms with E-state index in [0.717, 1.165) is 28.3 Å². The highest BCUT2D eigenvalue weighted by molar-refractivity contribution is 6.00. The van der Waals surface area contributed by atoms with Gasteiger partial charge in [-0.15, -0.1) is 0 Å². The molecule has 2 N–H and O–H groups in total. The van der Waals surface area contributed by atoms with E-state index in [0.29, 0.717) is 0 Å². The molecule has 0 heterocycles. The van der Waals surface area contributed by atoms with Crippen molar-refractivity contribution in [3.8, 4) is 5.75 Å². The minimum Gasteiger partial charge on any atom is -0.497 e. The fourth-order valence-corrected chi connectivity index (χ4v) is 2.49. The monoisotopic (exact) mass is 339 g/mol. The van der Waals surface area contributed by atoms with Gasteiger partial charge < -0.3 is 10.1 Å². The molecular weight excluding hydrogens is 314 g/mol. The minimum absolute atomic E-state index is 0.148. The van der Waals surface area contributed by atoms with Crippen LogP contribution in [0.1, 0.15) is 29.2 Å². The van der Waals surface area contributed by atoms with Crippen molar-refractivity contribution in [3.05, 3.63) is 58.7 Å². The van der Waals surface area contributed by atoms with Gasteiger partial charge in [-0.2, -0.15) is 5.10 Å². The minimum atomic E-state index is -0.198. The Balaban J connectivity index is 1.93. The molecule has 5 heteroatoms. The smallest absolute Gasteiger partial charge is 0.259 e. The van der Waals surface area contributed by atoms with E-state index in [1.54, 1.807) is 7.11 Å². The van der Waals surface area contributed by atoms with Gasteiger partial charge in [-0.3, -0.25) is 4.79 Å². The number of hydrogen-bond acceptors (Lipinski definition) is 4. The third-order valence-corrected chi connectivity index (χ3v) is 4.12. The Morgan fingerprint density at radius 2 is 1.68 bits per heavy atom. The van der Waals surface area contributed by atoms with Crippen LogP contribution in [0.4, 0.5) is 5.69 Å². The van der Waals surface area contributed by atoms with E-state index in [2.05, 4.69) is 41.8 Å². The lowest BCUT2D eigenvalue weighted by molar-refractivity contribution is -0.119. The molecule has 0 atom stereocenters. The number of aryl methyl sites for hydroxylation is 3. The molecule has 0 aromatic heterocycles. The molecule has 2 aromatic carbocycles. The Morgan fingerprint density at radius 1 is 1.04 bits per heavy atom. The lowest BCUT2D eigenvalue weighted by Crippen LogP contribution is -2.26. The average Bonchev–Trinajstić information content (AvgIpc) is 2.61. The second-order valence-corrected chi connectivity index (χ2v) is 6.07. The number of rotatable bonds is 6. The number of methoxy groups -OCH3 is 1. The quantitative estimate of drug-likeness (QED) is 0.625. The molecule has 1 amide bonds. The Bertz CT molecular complexity index is 780. The molecule has 0 radical (unpaired) electrons. The van der Waals surface area contributed by atoms with Crippen LogP contribution in [-0.2, 0) is 4.79 Å². The van der Waals surface area contributed by atoms with Crippen molar-refractivity contribution in [3.63, 3.8) is 0 Å². The number of amides is 1. The Kier molecular flexibility index (Phi) is 6.17. The molecule has 25 heavy (non-hydrogen) atoms. The van der Waals surface area contributed by atoms with E-state index >= 15 is 0 Å². The highest BCUT2D eigenvalue weighted by Gasteiger charge is 2.06. The van der Waals surface area contributed by atoms with Crippen molar-refractivity contribution < 1.29 is 9.53 Å². The van der Waals surface area contributed by atoms with Gasteiger partial charge in [-0.1, -0.05) is 6.07 Å². The van der Waals surface area contributed by atoms with Crippen molar-refractivity contribution >= 4 is 17.3 Å². The maximum atomic E-state index is 12.0. The fourth-order valence-electron chi connectivity index (χ4n) is 2.49. The second kappa shape index (κ2) is 8.33. The van der Waals surface area contributed by atoms with Gasteiger partial charge in [0.05, 0.1) is 19.4 Å². The lowest BCUT2D eigenvalue weighted by Gasteiger charge is -2.10. The molecule has 0 saturated heterocycles. The van der Waals surface area contributed by atoms with Crippen LogP contribution < -0.4 is 15.5 Å². The topological polar surface area (TPSA) is 62.7 Å². The third kappa shape index (κ3) is 5.08. The van der Waals surface area contributed by atoms with Crippen LogP contribution in [0.25, 0.3) is 0 Å². The highest BCUT2D eigenvalue weighted by Crippen LogP contribution is 2.16. The zero-order valence-electron chi connectivity index (χ0n) is 15.4. The molecule has 0 aliphatic rings. The average molecular weight is 339 g/mol. The largest absolute Gasteiger partial charge is 0.497 e. The molecular formula is C20H25N3O2. The number of hydrogen-bond donors (Lipinski definition) is 2. The molecule has 0 spiro atoms. The van der Waals surface area contributed by atoms with Crippen LogP contribution in [0.2, 0.25) is 0 Å². The maximum Gasteiger partial charge on any atom is 0.259 e. The Labute approximate surface area is 149 Å². The first-order chi connectivity index (χ1) is 11.9. The predicted octanol–water partition coefficient (Wildman–Crippen LogP) is 3.57. The number of ether oxygens (including phenoxy) is 1. The highest BCUT2D eigenvalue weighted by atomic mass is 16.5. The zero-order chi connectivity index (χ0) is 18.4. The number of carbonyl (C=O) groups is 1. The summed E-state index contributed by atoms with van der Waals surface area (Å²) < 4.78 is 5.10. The molecule has 0 aliphatic heterocycles. The summed E-state index contributed by atoms with van der Waals surface area (Å²) in [6.45, 7) is 8.26. The van der Waals surface area contributed by atoms with Gasteiger partial charge in [0.1, 0.15) is 5.75 Å². The van der Waals surface area contributed by atoms with E-state index in [1.807, 2.05) is 38.1 Å². The predicted molar refractivity (Wildman–Crippen MR) is 102 cm³/mol. The van der Waals surface area contributed by atoms with Gasteiger partial charge in [0.25, 0.3) is 5.91 Å². The van der Waals surface area contributed by atoms with E-state index < -0.39 is 0 Å². The summed E-state index contributed by atoms with van der Waals surface area (Å²) in [5.74, 6) is 0.579. The molecule has 0 aliphatic carbocycles. The van der Waals surface area contributed by atoms with E-state index in [4.69, 9.17) is 4.74 Å². The SMILES string of the molecule is COc1ccc(NCC(=O)N/N=C(/C)c2cc(C)c(C)cc2C)cc1. The summed E-state index contributed by atoms with van der Waals surface area (Å²) in [4.78, 5) is 12.0. The standard InChI is InChI=1S/C20H25N3O2/c1-13-10-15(3)19(11-14(13)2)16(4)22-23-20(24)12-21-17-6-8-18(25-5)9-7-17/h6-11,21H,12H2,1-5H3,(H,23,24)/b22-16-. The summed E-state index contributed by atoms with van der Waals surface area (Å²) in [5.41, 5.74) is 8.89. The van der Waals surface area contributed by atoms with Crippen LogP contribution in [-0.4, -0.2) is 25.3 Å². The fraction of sp³-hybridized carbons (Fsp3) is 0.300. The normalized spacial score (nSPS) is 11.2.